The molecule has 0 saturated heterocycles. The molecule has 54 heavy (non-hydrogen) atoms. The van der Waals surface area contributed by atoms with Gasteiger partial charge in [-0.2, -0.15) is 0 Å². The lowest BCUT2D eigenvalue weighted by Gasteiger charge is -2.57. The Morgan fingerprint density at radius 1 is 0.889 bits per heavy atom. The van der Waals surface area contributed by atoms with E-state index >= 15 is 0 Å². The zero-order valence-corrected chi connectivity index (χ0v) is 33.6. The molecule has 3 saturated carbocycles. The number of carbonyl (C=O) groups excluding carboxylic acids is 5. The van der Waals surface area contributed by atoms with Crippen LogP contribution in [0.25, 0.3) is 0 Å². The average molecular weight is 749 g/mol. The minimum absolute atomic E-state index is 0.0497. The normalized spacial score (nSPS) is 28.0. The molecule has 1 aromatic rings. The number of benzene rings is 1. The number of fused-ring (bicyclic) bond motifs is 5. The Bertz CT molecular complexity index is 1670. The van der Waals surface area contributed by atoms with Crippen molar-refractivity contribution in [1.82, 2.24) is 0 Å². The lowest BCUT2D eigenvalue weighted by Crippen LogP contribution is -2.51. The maximum absolute atomic E-state index is 13.8. The van der Waals surface area contributed by atoms with E-state index in [1.807, 2.05) is 39.8 Å². The van der Waals surface area contributed by atoms with Crippen LogP contribution >= 0.6 is 0 Å². The van der Waals surface area contributed by atoms with E-state index in [0.717, 1.165) is 61.6 Å². The first-order valence-electron chi connectivity index (χ1n) is 19.7. The van der Waals surface area contributed by atoms with Crippen LogP contribution < -0.4 is 4.74 Å². The van der Waals surface area contributed by atoms with E-state index in [-0.39, 0.29) is 61.2 Å². The summed E-state index contributed by atoms with van der Waals surface area (Å²) in [6.07, 6.45) is 8.23. The SMILES string of the molecule is C=C(C)OCC(COC(C)=O)OC(=O)CCC(=O)Oc1cc(C)cc(C)c1C(C)(C)CC(=O)OC1CC[C@H]2C3CCC4=CC(=O)CCC4(C)[C@H]3CCC12C. The smallest absolute Gasteiger partial charge is 0.311 e. The summed E-state index contributed by atoms with van der Waals surface area (Å²) in [5, 5.41) is 0. The summed E-state index contributed by atoms with van der Waals surface area (Å²) in [6, 6.07) is 3.78. The largest absolute Gasteiger partial charge is 0.495 e. The molecule has 0 radical (unpaired) electrons. The van der Waals surface area contributed by atoms with Gasteiger partial charge in [-0.1, -0.05) is 45.9 Å². The summed E-state index contributed by atoms with van der Waals surface area (Å²) < 4.78 is 28.0. The van der Waals surface area contributed by atoms with Gasteiger partial charge in [0.05, 0.1) is 25.0 Å². The van der Waals surface area contributed by atoms with Crippen LogP contribution in [0.3, 0.4) is 0 Å². The zero-order valence-electron chi connectivity index (χ0n) is 33.6. The number of esters is 4. The molecule has 0 N–H and O–H groups in total. The minimum atomic E-state index is -0.862. The van der Waals surface area contributed by atoms with E-state index in [0.29, 0.717) is 35.7 Å². The van der Waals surface area contributed by atoms with Crippen molar-refractivity contribution in [2.45, 2.75) is 144 Å². The molecule has 5 rings (SSSR count). The van der Waals surface area contributed by atoms with Crippen molar-refractivity contribution in [1.29, 1.82) is 0 Å². The summed E-state index contributed by atoms with van der Waals surface area (Å²) in [6.45, 7) is 18.8. The third kappa shape index (κ3) is 9.11. The zero-order chi connectivity index (χ0) is 39.6. The average Bonchev–Trinajstić information content (AvgIpc) is 3.39. The Morgan fingerprint density at radius 2 is 1.59 bits per heavy atom. The van der Waals surface area contributed by atoms with Crippen molar-refractivity contribution < 1.29 is 47.7 Å². The van der Waals surface area contributed by atoms with Crippen LogP contribution in [-0.4, -0.2) is 55.1 Å². The fourth-order valence-electron chi connectivity index (χ4n) is 10.4. The molecule has 5 unspecified atom stereocenters. The molecule has 1 aromatic carbocycles. The van der Waals surface area contributed by atoms with E-state index in [1.165, 1.54) is 12.5 Å². The van der Waals surface area contributed by atoms with Crippen LogP contribution in [0.2, 0.25) is 0 Å². The van der Waals surface area contributed by atoms with Crippen LogP contribution in [0.4, 0.5) is 0 Å². The predicted octanol–water partition coefficient (Wildman–Crippen LogP) is 8.13. The van der Waals surface area contributed by atoms with Crippen molar-refractivity contribution in [2.24, 2.45) is 28.6 Å². The molecule has 7 atom stereocenters. The van der Waals surface area contributed by atoms with Crippen LogP contribution in [0, 0.1) is 42.4 Å². The van der Waals surface area contributed by atoms with Crippen LogP contribution in [0.15, 0.2) is 36.1 Å². The lowest BCUT2D eigenvalue weighted by atomic mass is 9.47. The lowest BCUT2D eigenvalue weighted by molar-refractivity contribution is -0.161. The molecule has 0 aromatic heterocycles. The molecule has 3 fully saturated rings. The number of ketones is 1. The van der Waals surface area contributed by atoms with Crippen molar-refractivity contribution in [3.05, 3.63) is 52.8 Å². The number of hydrogen-bond acceptors (Lipinski definition) is 10. The van der Waals surface area contributed by atoms with Crippen LogP contribution in [0.5, 0.6) is 5.75 Å². The van der Waals surface area contributed by atoms with E-state index in [9.17, 15) is 24.0 Å². The number of allylic oxidation sites excluding steroid dienone is 2. The summed E-state index contributed by atoms with van der Waals surface area (Å²) in [5.74, 6) is 0.595. The van der Waals surface area contributed by atoms with Gasteiger partial charge in [0.15, 0.2) is 11.9 Å². The monoisotopic (exact) mass is 748 g/mol. The van der Waals surface area contributed by atoms with E-state index in [4.69, 9.17) is 23.7 Å². The van der Waals surface area contributed by atoms with Gasteiger partial charge < -0.3 is 23.7 Å². The van der Waals surface area contributed by atoms with Crippen molar-refractivity contribution in [3.63, 3.8) is 0 Å². The second kappa shape index (κ2) is 16.4. The summed E-state index contributed by atoms with van der Waals surface area (Å²) >= 11 is 0. The van der Waals surface area contributed by atoms with Crippen molar-refractivity contribution >= 4 is 29.7 Å². The molecule has 10 heteroatoms. The van der Waals surface area contributed by atoms with Crippen LogP contribution in [-0.2, 0) is 48.3 Å². The molecule has 0 amide bonds. The van der Waals surface area contributed by atoms with Gasteiger partial charge in [0.2, 0.25) is 0 Å². The number of rotatable bonds is 14. The number of carbonyl (C=O) groups is 5. The summed E-state index contributed by atoms with van der Waals surface area (Å²) in [7, 11) is 0. The highest BCUT2D eigenvalue weighted by Gasteiger charge is 2.60. The van der Waals surface area contributed by atoms with Gasteiger partial charge in [-0.3, -0.25) is 24.0 Å². The summed E-state index contributed by atoms with van der Waals surface area (Å²) in [4.78, 5) is 63.1. The van der Waals surface area contributed by atoms with E-state index < -0.39 is 29.4 Å². The molecule has 0 bridgehead atoms. The fourth-order valence-corrected chi connectivity index (χ4v) is 10.4. The third-order valence-corrected chi connectivity index (χ3v) is 12.9. The fraction of sp³-hybridized carbons (Fsp3) is 0.659. The highest BCUT2D eigenvalue weighted by atomic mass is 16.6. The molecule has 4 aliphatic rings. The van der Waals surface area contributed by atoms with Gasteiger partial charge in [-0.25, -0.2) is 0 Å². The van der Waals surface area contributed by atoms with Gasteiger partial charge in [-0.15, -0.1) is 0 Å². The second-order valence-corrected chi connectivity index (χ2v) is 17.5. The first kappa shape index (κ1) is 41.2. The summed E-state index contributed by atoms with van der Waals surface area (Å²) in [5.41, 5.74) is 3.16. The molecular weight excluding hydrogens is 688 g/mol. The molecule has 0 aliphatic heterocycles. The maximum atomic E-state index is 13.8. The highest BCUT2D eigenvalue weighted by Crippen LogP contribution is 2.65. The topological polar surface area (TPSA) is 132 Å². The van der Waals surface area contributed by atoms with E-state index in [1.54, 1.807) is 13.0 Å². The number of aryl methyl sites for hydroxylation is 2. The first-order valence-corrected chi connectivity index (χ1v) is 19.7. The van der Waals surface area contributed by atoms with E-state index in [2.05, 4.69) is 20.4 Å². The Kier molecular flexibility index (Phi) is 12.5. The van der Waals surface area contributed by atoms with Gasteiger partial charge in [-0.05, 0) is 112 Å². The molecule has 296 valence electrons. The minimum Gasteiger partial charge on any atom is -0.495 e. The van der Waals surface area contributed by atoms with Crippen LogP contribution in [0.1, 0.15) is 129 Å². The Labute approximate surface area is 320 Å². The Balaban J connectivity index is 1.20. The Morgan fingerprint density at radius 3 is 2.30 bits per heavy atom. The van der Waals surface area contributed by atoms with Gasteiger partial charge in [0.1, 0.15) is 25.1 Å². The molecule has 0 spiro atoms. The molecule has 4 aliphatic carbocycles. The third-order valence-electron chi connectivity index (χ3n) is 12.9. The van der Waals surface area contributed by atoms with Crippen molar-refractivity contribution in [2.75, 3.05) is 13.2 Å². The highest BCUT2D eigenvalue weighted by molar-refractivity contribution is 5.91. The number of ether oxygens (including phenoxy) is 5. The molecule has 10 nitrogen and oxygen atoms in total. The second-order valence-electron chi connectivity index (χ2n) is 17.5. The molecule has 0 heterocycles. The maximum Gasteiger partial charge on any atom is 0.311 e. The van der Waals surface area contributed by atoms with Gasteiger partial charge in [0, 0.05) is 29.7 Å². The molecular formula is C44H60O10. The standard InChI is InChI=1S/C44H60O10/c1-26(2)50-24-32(25-51-29(5)45)52-38(47)14-15-39(48)53-36-21-27(3)20-28(4)41(36)42(6,7)23-40(49)54-37-13-12-34-33-11-10-30-22-31(46)16-18-43(30,8)35(33)17-19-44(34,37)9/h20-22,32-35,37H,1,10-19,23-25H2,2-9H3/t32?,33?,34-,35-,37?,43?,44?/m0/s1. The quantitative estimate of drug-likeness (QED) is 0.0796. The first-order chi connectivity index (χ1) is 25.3. The number of hydrogen-bond donors (Lipinski definition) is 0. The van der Waals surface area contributed by atoms with Crippen molar-refractivity contribution in [3.8, 4) is 5.75 Å². The predicted molar refractivity (Wildman–Crippen MR) is 202 cm³/mol. The van der Waals surface area contributed by atoms with Gasteiger partial charge >= 0.3 is 23.9 Å². The Hall–Kier alpha value is -3.95. The van der Waals surface area contributed by atoms with Gasteiger partial charge in [0.25, 0.3) is 0 Å².